The first-order chi connectivity index (χ1) is 6.34. The second-order valence-electron chi connectivity index (χ2n) is 2.83. The first-order valence-corrected chi connectivity index (χ1v) is 4.00. The molecule has 0 saturated carbocycles. The highest BCUT2D eigenvalue weighted by Gasteiger charge is 1.99. The summed E-state index contributed by atoms with van der Waals surface area (Å²) in [6.07, 6.45) is 2.16. The molecule has 0 aliphatic rings. The van der Waals surface area contributed by atoms with Crippen LogP contribution in [-0.2, 0) is 6.42 Å². The van der Waals surface area contributed by atoms with E-state index in [4.69, 9.17) is 5.73 Å². The molecule has 1 aromatic carbocycles. The summed E-state index contributed by atoms with van der Waals surface area (Å²) in [7, 11) is 0. The number of rotatable bonds is 2. The summed E-state index contributed by atoms with van der Waals surface area (Å²) in [6.45, 7) is 0. The lowest BCUT2D eigenvalue weighted by Crippen LogP contribution is -1.90. The topological polar surface area (TPSA) is 52.0 Å². The second-order valence-corrected chi connectivity index (χ2v) is 2.83. The largest absolute Gasteiger partial charge is 0.399 e. The Hall–Kier alpha value is -1.77. The Morgan fingerprint density at radius 3 is 3.08 bits per heavy atom. The van der Waals surface area contributed by atoms with Gasteiger partial charge in [-0.1, -0.05) is 17.3 Å². The van der Waals surface area contributed by atoms with Gasteiger partial charge in [0.15, 0.2) is 0 Å². The Kier molecular flexibility index (Phi) is 2.00. The van der Waals surface area contributed by atoms with Gasteiger partial charge in [0.25, 0.3) is 0 Å². The van der Waals surface area contributed by atoms with Crippen molar-refractivity contribution in [1.82, 2.24) is 5.16 Å². The summed E-state index contributed by atoms with van der Waals surface area (Å²) < 4.78 is 4.68. The second kappa shape index (κ2) is 3.31. The summed E-state index contributed by atoms with van der Waals surface area (Å²) in [4.78, 5) is 0. The third-order valence-corrected chi connectivity index (χ3v) is 1.76. The van der Waals surface area contributed by atoms with E-state index < -0.39 is 0 Å². The van der Waals surface area contributed by atoms with Crippen LogP contribution in [0.2, 0.25) is 0 Å². The molecule has 0 amide bonds. The van der Waals surface area contributed by atoms with Gasteiger partial charge in [0.2, 0.25) is 0 Å². The van der Waals surface area contributed by atoms with E-state index in [2.05, 4.69) is 15.7 Å². The first-order valence-electron chi connectivity index (χ1n) is 4.00. The Bertz CT molecular complexity index is 382. The van der Waals surface area contributed by atoms with Gasteiger partial charge in [-0.15, -0.1) is 0 Å². The fraction of sp³-hybridized carbons (Fsp3) is 0.100. The van der Waals surface area contributed by atoms with E-state index in [0.29, 0.717) is 6.42 Å². The van der Waals surface area contributed by atoms with E-state index in [1.54, 1.807) is 0 Å². The van der Waals surface area contributed by atoms with E-state index in [1.165, 1.54) is 6.26 Å². The molecule has 3 heteroatoms. The maximum Gasteiger partial charge on any atom is 0.132 e. The van der Waals surface area contributed by atoms with Crippen molar-refractivity contribution in [2.24, 2.45) is 0 Å². The van der Waals surface area contributed by atoms with Gasteiger partial charge in [-0.2, -0.15) is 0 Å². The molecule has 65 valence electrons. The summed E-state index contributed by atoms with van der Waals surface area (Å²) in [5, 5.41) is 3.77. The lowest BCUT2D eigenvalue weighted by Gasteiger charge is -1.98. The van der Waals surface area contributed by atoms with Gasteiger partial charge in [-0.3, -0.25) is 0 Å². The van der Waals surface area contributed by atoms with Crippen molar-refractivity contribution in [1.29, 1.82) is 0 Å². The predicted octanol–water partition coefficient (Wildman–Crippen LogP) is 1.65. The number of aromatic nitrogens is 1. The average Bonchev–Trinajstić information content (AvgIpc) is 2.57. The summed E-state index contributed by atoms with van der Waals surface area (Å²) >= 11 is 0. The number of nitrogens with two attached hydrogens (primary N) is 1. The Labute approximate surface area is 76.2 Å². The zero-order valence-corrected chi connectivity index (χ0v) is 7.03. The molecule has 0 atom stereocenters. The molecule has 0 spiro atoms. The SMILES string of the molecule is Nc1cccc(Cc2[c]con2)c1. The molecule has 0 aliphatic heterocycles. The normalized spacial score (nSPS) is 10.2. The van der Waals surface area contributed by atoms with Crippen molar-refractivity contribution in [2.45, 2.75) is 6.42 Å². The van der Waals surface area contributed by atoms with Gasteiger partial charge in [-0.25, -0.2) is 0 Å². The van der Waals surface area contributed by atoms with Crippen LogP contribution in [0.4, 0.5) is 5.69 Å². The predicted molar refractivity (Wildman–Crippen MR) is 49.0 cm³/mol. The Morgan fingerprint density at radius 2 is 2.38 bits per heavy atom. The molecule has 0 fully saturated rings. The molecule has 3 nitrogen and oxygen atoms in total. The van der Waals surface area contributed by atoms with Crippen LogP contribution < -0.4 is 5.73 Å². The monoisotopic (exact) mass is 173 g/mol. The number of hydrogen-bond donors (Lipinski definition) is 1. The summed E-state index contributed by atoms with van der Waals surface area (Å²) in [5.74, 6) is 0. The molecule has 1 heterocycles. The molecule has 1 radical (unpaired) electrons. The Morgan fingerprint density at radius 1 is 1.46 bits per heavy atom. The van der Waals surface area contributed by atoms with E-state index >= 15 is 0 Å². The lowest BCUT2D eigenvalue weighted by atomic mass is 10.1. The minimum absolute atomic E-state index is 0.710. The standard InChI is InChI=1S/C10H9N2O/c11-9-3-1-2-8(6-9)7-10-4-5-13-12-10/h1-3,5-6H,7,11H2. The lowest BCUT2D eigenvalue weighted by molar-refractivity contribution is 0.413. The van der Waals surface area contributed by atoms with E-state index in [9.17, 15) is 0 Å². The quantitative estimate of drug-likeness (QED) is 0.702. The van der Waals surface area contributed by atoms with Crippen LogP contribution >= 0.6 is 0 Å². The molecule has 1 aromatic heterocycles. The number of nitrogen functional groups attached to an aromatic ring is 1. The number of anilines is 1. The van der Waals surface area contributed by atoms with Gasteiger partial charge in [-0.05, 0) is 17.7 Å². The minimum atomic E-state index is 0.710. The number of nitrogens with zero attached hydrogens (tertiary/aromatic N) is 1. The van der Waals surface area contributed by atoms with Crippen LogP contribution in [0.1, 0.15) is 11.3 Å². The zero-order chi connectivity index (χ0) is 9.10. The summed E-state index contributed by atoms with van der Waals surface area (Å²) in [5.41, 5.74) is 8.31. The highest BCUT2D eigenvalue weighted by molar-refractivity contribution is 5.41. The third kappa shape index (κ3) is 1.87. The average molecular weight is 173 g/mol. The highest BCUT2D eigenvalue weighted by Crippen LogP contribution is 2.10. The first kappa shape index (κ1) is 7.86. The zero-order valence-electron chi connectivity index (χ0n) is 7.03. The molecule has 0 aliphatic carbocycles. The molecule has 13 heavy (non-hydrogen) atoms. The molecular weight excluding hydrogens is 164 g/mol. The van der Waals surface area contributed by atoms with E-state index in [-0.39, 0.29) is 0 Å². The van der Waals surface area contributed by atoms with Crippen molar-refractivity contribution in [2.75, 3.05) is 5.73 Å². The molecule has 2 aromatic rings. The third-order valence-electron chi connectivity index (χ3n) is 1.76. The van der Waals surface area contributed by atoms with Crippen molar-refractivity contribution >= 4 is 5.69 Å². The van der Waals surface area contributed by atoms with Crippen molar-refractivity contribution in [3.05, 3.63) is 47.9 Å². The van der Waals surface area contributed by atoms with Gasteiger partial charge in [0.1, 0.15) is 6.26 Å². The Balaban J connectivity index is 2.19. The van der Waals surface area contributed by atoms with Crippen LogP contribution in [0, 0.1) is 6.07 Å². The fourth-order valence-corrected chi connectivity index (χ4v) is 1.19. The molecular formula is C10H9N2O. The highest BCUT2D eigenvalue weighted by atomic mass is 16.5. The van der Waals surface area contributed by atoms with Crippen LogP contribution in [0.5, 0.6) is 0 Å². The number of hydrogen-bond acceptors (Lipinski definition) is 3. The van der Waals surface area contributed by atoms with Crippen LogP contribution in [0.25, 0.3) is 0 Å². The van der Waals surface area contributed by atoms with Crippen molar-refractivity contribution in [3.63, 3.8) is 0 Å². The number of benzene rings is 1. The smallest absolute Gasteiger partial charge is 0.132 e. The molecule has 2 N–H and O–H groups in total. The molecule has 0 saturated heterocycles. The fourth-order valence-electron chi connectivity index (χ4n) is 1.19. The molecule has 0 bridgehead atoms. The van der Waals surface area contributed by atoms with E-state index in [0.717, 1.165) is 16.9 Å². The van der Waals surface area contributed by atoms with Crippen molar-refractivity contribution in [3.8, 4) is 0 Å². The van der Waals surface area contributed by atoms with Gasteiger partial charge < -0.3 is 10.3 Å². The molecule has 0 unspecified atom stereocenters. The molecule has 2 rings (SSSR count). The van der Waals surface area contributed by atoms with E-state index in [1.807, 2.05) is 24.3 Å². The summed E-state index contributed by atoms with van der Waals surface area (Å²) in [6, 6.07) is 10.6. The minimum Gasteiger partial charge on any atom is -0.399 e. The maximum atomic E-state index is 5.63. The van der Waals surface area contributed by atoms with Gasteiger partial charge in [0, 0.05) is 12.1 Å². The van der Waals surface area contributed by atoms with Crippen molar-refractivity contribution < 1.29 is 4.52 Å². The van der Waals surface area contributed by atoms with Crippen LogP contribution in [0.15, 0.2) is 35.1 Å². The maximum absolute atomic E-state index is 5.63. The van der Waals surface area contributed by atoms with Crippen LogP contribution in [0.3, 0.4) is 0 Å². The van der Waals surface area contributed by atoms with Crippen LogP contribution in [-0.4, -0.2) is 5.16 Å². The van der Waals surface area contributed by atoms with Gasteiger partial charge in [0.05, 0.1) is 11.8 Å². The van der Waals surface area contributed by atoms with Gasteiger partial charge >= 0.3 is 0 Å².